The van der Waals surface area contributed by atoms with Crippen LogP contribution in [0.5, 0.6) is 0 Å². The van der Waals surface area contributed by atoms with Crippen molar-refractivity contribution in [1.29, 1.82) is 0 Å². The van der Waals surface area contributed by atoms with Crippen molar-refractivity contribution >= 4 is 0 Å². The molecule has 0 aromatic carbocycles. The van der Waals surface area contributed by atoms with E-state index in [1.54, 1.807) is 0 Å². The Hall–Kier alpha value is -0.0800. The Morgan fingerprint density at radius 2 is 1.78 bits per heavy atom. The first-order valence-corrected chi connectivity index (χ1v) is 8.03. The molecule has 0 aromatic heterocycles. The number of nitrogens with zero attached hydrogens (tertiary/aromatic N) is 1. The summed E-state index contributed by atoms with van der Waals surface area (Å²) in [5, 5.41) is 3.76. The number of hydrogen-bond donors (Lipinski definition) is 1. The fraction of sp³-hybridized carbons (Fsp3) is 1.00. The average Bonchev–Trinajstić information content (AvgIpc) is 3.11. The van der Waals surface area contributed by atoms with E-state index >= 15 is 0 Å². The number of rotatable bonds is 5. The van der Waals surface area contributed by atoms with Crippen LogP contribution in [0.4, 0.5) is 0 Å². The van der Waals surface area contributed by atoms with E-state index < -0.39 is 0 Å². The van der Waals surface area contributed by atoms with Gasteiger partial charge in [-0.2, -0.15) is 0 Å². The van der Waals surface area contributed by atoms with Crippen LogP contribution in [0.3, 0.4) is 0 Å². The van der Waals surface area contributed by atoms with Gasteiger partial charge in [0.2, 0.25) is 0 Å². The quantitative estimate of drug-likeness (QED) is 0.809. The van der Waals surface area contributed by atoms with E-state index in [1.165, 1.54) is 45.4 Å². The Labute approximate surface area is 114 Å². The Kier molecular flexibility index (Phi) is 5.08. The summed E-state index contributed by atoms with van der Waals surface area (Å²) in [5.41, 5.74) is 0. The molecule has 0 spiro atoms. The lowest BCUT2D eigenvalue weighted by Gasteiger charge is -2.32. The van der Waals surface area contributed by atoms with Crippen LogP contribution in [-0.2, 0) is 0 Å². The second-order valence-corrected chi connectivity index (χ2v) is 7.16. The Morgan fingerprint density at radius 1 is 1.11 bits per heavy atom. The lowest BCUT2D eigenvalue weighted by molar-refractivity contribution is 0.161. The summed E-state index contributed by atoms with van der Waals surface area (Å²) in [6.45, 7) is 14.7. The van der Waals surface area contributed by atoms with Crippen molar-refractivity contribution in [3.05, 3.63) is 0 Å². The minimum atomic E-state index is 0.785. The van der Waals surface area contributed by atoms with Gasteiger partial charge in [0, 0.05) is 19.1 Å². The van der Waals surface area contributed by atoms with Gasteiger partial charge in [-0.25, -0.2) is 0 Å². The van der Waals surface area contributed by atoms with Gasteiger partial charge < -0.3 is 10.2 Å². The molecule has 2 nitrogen and oxygen atoms in total. The molecule has 1 unspecified atom stereocenters. The molecule has 2 aliphatic rings. The smallest absolute Gasteiger partial charge is 0.0223 e. The van der Waals surface area contributed by atoms with Crippen molar-refractivity contribution in [2.75, 3.05) is 26.2 Å². The van der Waals surface area contributed by atoms with Gasteiger partial charge in [-0.05, 0) is 56.0 Å². The summed E-state index contributed by atoms with van der Waals surface area (Å²) in [4.78, 5) is 2.74. The molecule has 0 aromatic rings. The number of hydrogen-bond acceptors (Lipinski definition) is 2. The van der Waals surface area contributed by atoms with Gasteiger partial charge in [0.1, 0.15) is 0 Å². The van der Waals surface area contributed by atoms with Crippen molar-refractivity contribution in [2.45, 2.75) is 53.0 Å². The summed E-state index contributed by atoms with van der Waals surface area (Å²) in [6, 6.07) is 0.785. The molecule has 18 heavy (non-hydrogen) atoms. The first-order chi connectivity index (χ1) is 8.58. The molecule has 0 radical (unpaired) electrons. The Balaban J connectivity index is 1.89. The van der Waals surface area contributed by atoms with Crippen LogP contribution in [0, 0.1) is 23.7 Å². The summed E-state index contributed by atoms with van der Waals surface area (Å²) in [7, 11) is 0. The first-order valence-electron chi connectivity index (χ1n) is 8.03. The molecule has 1 saturated carbocycles. The highest BCUT2D eigenvalue weighted by atomic mass is 15.2. The molecule has 1 saturated heterocycles. The fourth-order valence-corrected chi connectivity index (χ4v) is 3.49. The van der Waals surface area contributed by atoms with Crippen LogP contribution in [0.15, 0.2) is 0 Å². The fourth-order valence-electron chi connectivity index (χ4n) is 3.49. The van der Waals surface area contributed by atoms with E-state index in [-0.39, 0.29) is 0 Å². The molecule has 106 valence electrons. The SMILES string of the molecule is CC(C)C(CN1CCCNC(C2CC2)C1)C(C)C. The lowest BCUT2D eigenvalue weighted by atomic mass is 9.85. The highest BCUT2D eigenvalue weighted by molar-refractivity contribution is 4.90. The van der Waals surface area contributed by atoms with Crippen LogP contribution in [0.1, 0.15) is 47.0 Å². The van der Waals surface area contributed by atoms with E-state index in [0.717, 1.165) is 29.7 Å². The minimum absolute atomic E-state index is 0.785. The maximum absolute atomic E-state index is 3.76. The van der Waals surface area contributed by atoms with Gasteiger partial charge in [0.15, 0.2) is 0 Å². The average molecular weight is 252 g/mol. The third-order valence-corrected chi connectivity index (χ3v) is 4.89. The first kappa shape index (κ1) is 14.3. The summed E-state index contributed by atoms with van der Waals surface area (Å²) >= 11 is 0. The normalized spacial score (nSPS) is 27.2. The van der Waals surface area contributed by atoms with E-state index in [0.29, 0.717) is 0 Å². The predicted octanol–water partition coefficient (Wildman–Crippen LogP) is 2.99. The topological polar surface area (TPSA) is 15.3 Å². The molecule has 1 aliphatic carbocycles. The monoisotopic (exact) mass is 252 g/mol. The van der Waals surface area contributed by atoms with Crippen molar-refractivity contribution in [2.24, 2.45) is 23.7 Å². The van der Waals surface area contributed by atoms with Crippen LogP contribution in [-0.4, -0.2) is 37.1 Å². The summed E-state index contributed by atoms with van der Waals surface area (Å²) in [5.74, 6) is 3.45. The predicted molar refractivity (Wildman–Crippen MR) is 78.7 cm³/mol. The zero-order valence-corrected chi connectivity index (χ0v) is 12.8. The largest absolute Gasteiger partial charge is 0.312 e. The summed E-state index contributed by atoms with van der Waals surface area (Å²) < 4.78 is 0. The summed E-state index contributed by atoms with van der Waals surface area (Å²) in [6.07, 6.45) is 4.25. The zero-order valence-electron chi connectivity index (χ0n) is 12.8. The maximum Gasteiger partial charge on any atom is 0.0223 e. The third kappa shape index (κ3) is 3.96. The molecule has 1 atom stereocenters. The van der Waals surface area contributed by atoms with E-state index in [4.69, 9.17) is 0 Å². The van der Waals surface area contributed by atoms with Crippen molar-refractivity contribution in [3.63, 3.8) is 0 Å². The molecule has 1 aliphatic heterocycles. The van der Waals surface area contributed by atoms with Gasteiger partial charge >= 0.3 is 0 Å². The van der Waals surface area contributed by atoms with E-state index in [2.05, 4.69) is 37.9 Å². The van der Waals surface area contributed by atoms with E-state index in [1.807, 2.05) is 0 Å². The Morgan fingerprint density at radius 3 is 2.33 bits per heavy atom. The highest BCUT2D eigenvalue weighted by Crippen LogP contribution is 2.34. The second kappa shape index (κ2) is 6.38. The van der Waals surface area contributed by atoms with Gasteiger partial charge in [0.25, 0.3) is 0 Å². The van der Waals surface area contributed by atoms with Gasteiger partial charge in [-0.15, -0.1) is 0 Å². The number of nitrogens with one attached hydrogen (secondary N) is 1. The molecular weight excluding hydrogens is 220 g/mol. The van der Waals surface area contributed by atoms with Crippen molar-refractivity contribution in [3.8, 4) is 0 Å². The van der Waals surface area contributed by atoms with Crippen LogP contribution in [0.25, 0.3) is 0 Å². The second-order valence-electron chi connectivity index (χ2n) is 7.16. The lowest BCUT2D eigenvalue weighted by Crippen LogP contribution is -2.42. The minimum Gasteiger partial charge on any atom is -0.312 e. The standard InChI is InChI=1S/C16H32N2/c1-12(2)15(13(3)4)10-18-9-5-8-17-16(11-18)14-6-7-14/h12-17H,5-11H2,1-4H3. The van der Waals surface area contributed by atoms with Gasteiger partial charge in [-0.3, -0.25) is 0 Å². The molecule has 2 fully saturated rings. The molecular formula is C16H32N2. The highest BCUT2D eigenvalue weighted by Gasteiger charge is 2.33. The van der Waals surface area contributed by atoms with E-state index in [9.17, 15) is 0 Å². The van der Waals surface area contributed by atoms with Crippen molar-refractivity contribution in [1.82, 2.24) is 10.2 Å². The maximum atomic E-state index is 3.76. The zero-order chi connectivity index (χ0) is 13.1. The molecule has 0 bridgehead atoms. The van der Waals surface area contributed by atoms with Gasteiger partial charge in [-0.1, -0.05) is 27.7 Å². The molecule has 2 heteroatoms. The third-order valence-electron chi connectivity index (χ3n) is 4.89. The van der Waals surface area contributed by atoms with Gasteiger partial charge in [0.05, 0.1) is 0 Å². The van der Waals surface area contributed by atoms with Crippen molar-refractivity contribution < 1.29 is 0 Å². The van der Waals surface area contributed by atoms with Crippen LogP contribution in [0.2, 0.25) is 0 Å². The molecule has 0 amide bonds. The van der Waals surface area contributed by atoms with Crippen LogP contribution >= 0.6 is 0 Å². The molecule has 1 heterocycles. The van der Waals surface area contributed by atoms with Crippen LogP contribution < -0.4 is 5.32 Å². The Bertz CT molecular complexity index is 237. The molecule has 2 rings (SSSR count). The molecule has 1 N–H and O–H groups in total.